The summed E-state index contributed by atoms with van der Waals surface area (Å²) in [6.45, 7) is 2.70. The highest BCUT2D eigenvalue weighted by Crippen LogP contribution is 2.30. The molecule has 68 heavy (non-hydrogen) atoms. The molecule has 2 fully saturated rings. The van der Waals surface area contributed by atoms with Crippen LogP contribution in [0.25, 0.3) is 0 Å². The van der Waals surface area contributed by atoms with Gasteiger partial charge in [-0.05, 0) is 51.4 Å². The maximum Gasteiger partial charge on any atom is 0.220 e. The Hall–Kier alpha value is -1.79. The number of carbonyl (C=O) groups is 1. The number of aliphatic hydroxyl groups excluding tert-OH is 8. The zero-order valence-corrected chi connectivity index (χ0v) is 42.3. The third-order valence-electron chi connectivity index (χ3n) is 13.3. The van der Waals surface area contributed by atoms with Crippen LogP contribution in [0.4, 0.5) is 0 Å². The van der Waals surface area contributed by atoms with Crippen LogP contribution in [-0.4, -0.2) is 140 Å². The van der Waals surface area contributed by atoms with E-state index in [4.69, 9.17) is 18.9 Å². The minimum atomic E-state index is -1.79. The number of allylic oxidation sites excluding steroid dienone is 5. The summed E-state index contributed by atoms with van der Waals surface area (Å²) in [5.74, 6) is -0.262. The van der Waals surface area contributed by atoms with Crippen LogP contribution in [0.1, 0.15) is 206 Å². The van der Waals surface area contributed by atoms with Crippen molar-refractivity contribution in [2.75, 3.05) is 19.8 Å². The van der Waals surface area contributed by atoms with Gasteiger partial charge in [-0.1, -0.05) is 185 Å². The van der Waals surface area contributed by atoms with Crippen molar-refractivity contribution in [3.63, 3.8) is 0 Å². The van der Waals surface area contributed by atoms with Crippen molar-refractivity contribution >= 4 is 5.91 Å². The molecule has 398 valence electrons. The van der Waals surface area contributed by atoms with E-state index in [2.05, 4.69) is 43.5 Å². The number of hydrogen-bond acceptors (Lipinski definition) is 13. The number of rotatable bonds is 42. The first-order valence-corrected chi connectivity index (χ1v) is 27.2. The van der Waals surface area contributed by atoms with Gasteiger partial charge in [-0.3, -0.25) is 4.79 Å². The Morgan fingerprint density at radius 1 is 0.515 bits per heavy atom. The second kappa shape index (κ2) is 40.8. The summed E-state index contributed by atoms with van der Waals surface area (Å²) < 4.78 is 22.7. The molecule has 2 aliphatic rings. The predicted molar refractivity (Wildman–Crippen MR) is 268 cm³/mol. The topological polar surface area (TPSA) is 228 Å². The van der Waals surface area contributed by atoms with Gasteiger partial charge in [-0.2, -0.15) is 0 Å². The van der Waals surface area contributed by atoms with Crippen LogP contribution < -0.4 is 5.32 Å². The van der Waals surface area contributed by atoms with Crippen molar-refractivity contribution in [3.05, 3.63) is 36.5 Å². The van der Waals surface area contributed by atoms with E-state index in [0.29, 0.717) is 12.8 Å². The lowest BCUT2D eigenvalue weighted by atomic mass is 9.97. The molecule has 12 atom stereocenters. The average Bonchev–Trinajstić information content (AvgIpc) is 3.34. The monoisotopic (exact) mass is 970 g/mol. The molecule has 2 rings (SSSR count). The van der Waals surface area contributed by atoms with Gasteiger partial charge in [0.1, 0.15) is 48.8 Å². The van der Waals surface area contributed by atoms with Crippen molar-refractivity contribution in [1.29, 1.82) is 0 Å². The summed E-state index contributed by atoms with van der Waals surface area (Å²) in [6, 6.07) is -0.933. The normalized spacial score (nSPS) is 26.6. The molecule has 0 aromatic heterocycles. The lowest BCUT2D eigenvalue weighted by Crippen LogP contribution is -2.65. The largest absolute Gasteiger partial charge is 0.394 e. The van der Waals surface area contributed by atoms with Gasteiger partial charge in [0.15, 0.2) is 12.6 Å². The molecule has 2 aliphatic heterocycles. The summed E-state index contributed by atoms with van der Waals surface area (Å²) in [5.41, 5.74) is 0. The highest BCUT2D eigenvalue weighted by molar-refractivity contribution is 5.76. The molecule has 9 N–H and O–H groups in total. The van der Waals surface area contributed by atoms with E-state index in [9.17, 15) is 45.6 Å². The SMILES string of the molecule is CCC/C=C\CCCCCCCC(=O)NC(COC1OC(CO)C(OC2OC(CO)C(O)C(O)C2O)C(O)C1O)C(O)/C=C/CC/C=C/CCCCCCCCCCCCCCCCCCCC. The number of carbonyl (C=O) groups excluding carboxylic acids is 1. The second-order valence-corrected chi connectivity index (χ2v) is 19.3. The molecule has 0 aromatic rings. The minimum Gasteiger partial charge on any atom is -0.394 e. The number of unbranched alkanes of at least 4 members (excludes halogenated alkanes) is 25. The maximum absolute atomic E-state index is 13.1. The Morgan fingerprint density at radius 3 is 1.50 bits per heavy atom. The van der Waals surface area contributed by atoms with E-state index in [1.165, 1.54) is 116 Å². The molecule has 2 heterocycles. The lowest BCUT2D eigenvalue weighted by Gasteiger charge is -2.46. The van der Waals surface area contributed by atoms with Crippen molar-refractivity contribution in [3.8, 4) is 0 Å². The molecule has 0 saturated carbocycles. The molecule has 0 aromatic carbocycles. The Kier molecular flexibility index (Phi) is 37.4. The van der Waals surface area contributed by atoms with Gasteiger partial charge in [0.2, 0.25) is 5.91 Å². The van der Waals surface area contributed by atoms with Crippen LogP contribution in [-0.2, 0) is 23.7 Å². The molecular formula is C54H99NO13. The highest BCUT2D eigenvalue weighted by atomic mass is 16.7. The molecule has 12 unspecified atom stereocenters. The van der Waals surface area contributed by atoms with Crippen molar-refractivity contribution < 1.29 is 64.6 Å². The summed E-state index contributed by atoms with van der Waals surface area (Å²) in [6.07, 6.45) is 30.7. The maximum atomic E-state index is 13.1. The first-order chi connectivity index (χ1) is 33.1. The first-order valence-electron chi connectivity index (χ1n) is 27.2. The zero-order valence-electron chi connectivity index (χ0n) is 42.3. The lowest BCUT2D eigenvalue weighted by molar-refractivity contribution is -0.359. The summed E-state index contributed by atoms with van der Waals surface area (Å²) in [7, 11) is 0. The van der Waals surface area contributed by atoms with E-state index in [-0.39, 0.29) is 18.9 Å². The van der Waals surface area contributed by atoms with Crippen LogP contribution in [0.15, 0.2) is 36.5 Å². The summed E-state index contributed by atoms with van der Waals surface area (Å²) >= 11 is 0. The molecule has 0 bridgehead atoms. The van der Waals surface area contributed by atoms with Crippen LogP contribution in [0.5, 0.6) is 0 Å². The standard InChI is InChI=1S/C54H99NO13/c1-3-5-7-9-11-13-15-16-17-18-19-20-21-22-23-24-25-26-27-28-29-31-33-35-37-43(58)42(55-46(59)38-36-34-32-30-14-12-10-8-6-4-2)41-65-53-51(64)49(62)52(45(40-57)67-53)68-54-50(63)48(61)47(60)44(39-56)66-54/h8,10,28-29,35,37,42-45,47-54,56-58,60-64H,3-7,9,11-27,30-34,36,38-41H2,1-2H3,(H,55,59)/b10-8-,29-28+,37-35+. The summed E-state index contributed by atoms with van der Waals surface area (Å²) in [4.78, 5) is 13.1. The van der Waals surface area contributed by atoms with E-state index < -0.39 is 86.8 Å². The van der Waals surface area contributed by atoms with Crippen LogP contribution in [0.2, 0.25) is 0 Å². The average molecular weight is 970 g/mol. The van der Waals surface area contributed by atoms with E-state index in [0.717, 1.165) is 57.8 Å². The van der Waals surface area contributed by atoms with Gasteiger partial charge >= 0.3 is 0 Å². The molecular weight excluding hydrogens is 871 g/mol. The zero-order chi connectivity index (χ0) is 49.6. The number of aliphatic hydroxyl groups is 8. The van der Waals surface area contributed by atoms with Crippen LogP contribution in [0.3, 0.4) is 0 Å². The van der Waals surface area contributed by atoms with Gasteiger partial charge in [-0.15, -0.1) is 0 Å². The van der Waals surface area contributed by atoms with Gasteiger partial charge in [0, 0.05) is 6.42 Å². The smallest absolute Gasteiger partial charge is 0.220 e. The quantitative estimate of drug-likeness (QED) is 0.0210. The van der Waals surface area contributed by atoms with E-state index >= 15 is 0 Å². The Balaban J connectivity index is 1.78. The molecule has 0 spiro atoms. The third kappa shape index (κ3) is 27.1. The Bertz CT molecular complexity index is 1280. The number of ether oxygens (including phenoxy) is 4. The number of nitrogens with one attached hydrogen (secondary N) is 1. The third-order valence-corrected chi connectivity index (χ3v) is 13.3. The molecule has 0 radical (unpaired) electrons. The fourth-order valence-electron chi connectivity index (χ4n) is 8.84. The molecule has 2 saturated heterocycles. The molecule has 14 heteroatoms. The number of hydrogen-bond donors (Lipinski definition) is 9. The fraction of sp³-hybridized carbons (Fsp3) is 0.870. The van der Waals surface area contributed by atoms with Crippen molar-refractivity contribution in [2.24, 2.45) is 0 Å². The second-order valence-electron chi connectivity index (χ2n) is 19.3. The van der Waals surface area contributed by atoms with E-state index in [1.807, 2.05) is 6.08 Å². The van der Waals surface area contributed by atoms with Crippen LogP contribution in [0, 0.1) is 0 Å². The molecule has 0 aliphatic carbocycles. The van der Waals surface area contributed by atoms with Gasteiger partial charge in [0.25, 0.3) is 0 Å². The highest BCUT2D eigenvalue weighted by Gasteiger charge is 2.51. The fourth-order valence-corrected chi connectivity index (χ4v) is 8.84. The molecule has 1 amide bonds. The van der Waals surface area contributed by atoms with Crippen molar-refractivity contribution in [1.82, 2.24) is 5.32 Å². The first kappa shape index (κ1) is 62.3. The Morgan fingerprint density at radius 2 is 0.971 bits per heavy atom. The van der Waals surface area contributed by atoms with Gasteiger partial charge < -0.3 is 65.1 Å². The summed E-state index contributed by atoms with van der Waals surface area (Å²) in [5, 5.41) is 86.7. The number of amides is 1. The predicted octanol–water partition coefficient (Wildman–Crippen LogP) is 7.88. The Labute approximate surface area is 411 Å². The minimum absolute atomic E-state index is 0.262. The molecule has 14 nitrogen and oxygen atoms in total. The van der Waals surface area contributed by atoms with Crippen molar-refractivity contribution in [2.45, 2.75) is 280 Å². The van der Waals surface area contributed by atoms with Gasteiger partial charge in [-0.25, -0.2) is 0 Å². The van der Waals surface area contributed by atoms with Gasteiger partial charge in [0.05, 0.1) is 32.0 Å². The van der Waals surface area contributed by atoms with Crippen LogP contribution >= 0.6 is 0 Å². The van der Waals surface area contributed by atoms with E-state index in [1.54, 1.807) is 6.08 Å².